The number of amides is 1. The highest BCUT2D eigenvalue weighted by Crippen LogP contribution is 2.36. The molecule has 2 aliphatic heterocycles. The van der Waals surface area contributed by atoms with E-state index in [0.29, 0.717) is 36.7 Å². The summed E-state index contributed by atoms with van der Waals surface area (Å²) in [5.74, 6) is 0.440. The molecule has 0 radical (unpaired) electrons. The molecule has 8 nitrogen and oxygen atoms in total. The van der Waals surface area contributed by atoms with Crippen LogP contribution in [0.1, 0.15) is 36.9 Å². The Bertz CT molecular complexity index is 961. The van der Waals surface area contributed by atoms with Crippen molar-refractivity contribution >= 4 is 11.9 Å². The lowest BCUT2D eigenvalue weighted by molar-refractivity contribution is -0.163. The molecule has 2 aliphatic rings. The van der Waals surface area contributed by atoms with Crippen LogP contribution < -0.4 is 9.47 Å². The normalized spacial score (nSPS) is 16.6. The lowest BCUT2D eigenvalue weighted by Crippen LogP contribution is -2.42. The van der Waals surface area contributed by atoms with E-state index in [1.54, 1.807) is 30.0 Å². The molecule has 0 aliphatic carbocycles. The minimum absolute atomic E-state index is 0.125. The summed E-state index contributed by atoms with van der Waals surface area (Å²) >= 11 is 0. The van der Waals surface area contributed by atoms with E-state index in [4.69, 9.17) is 14.2 Å². The average Bonchev–Trinajstić information content (AvgIpc) is 3.51. The maximum Gasteiger partial charge on any atom is 0.328 e. The summed E-state index contributed by atoms with van der Waals surface area (Å²) in [6.45, 7) is 3.65. The van der Waals surface area contributed by atoms with Gasteiger partial charge in [0.05, 0.1) is 6.61 Å². The Labute approximate surface area is 193 Å². The Morgan fingerprint density at radius 1 is 1.09 bits per heavy atom. The van der Waals surface area contributed by atoms with Gasteiger partial charge >= 0.3 is 5.97 Å². The summed E-state index contributed by atoms with van der Waals surface area (Å²) < 4.78 is 16.6. The highest BCUT2D eigenvalue weighted by Gasteiger charge is 2.34. The second-order valence-corrected chi connectivity index (χ2v) is 8.31. The summed E-state index contributed by atoms with van der Waals surface area (Å²) in [7, 11) is 0. The van der Waals surface area contributed by atoms with E-state index in [9.17, 15) is 14.7 Å². The predicted molar refractivity (Wildman–Crippen MR) is 121 cm³/mol. The smallest absolute Gasteiger partial charge is 0.328 e. The maximum atomic E-state index is 13.5. The molecule has 0 bridgehead atoms. The monoisotopic (exact) mass is 454 g/mol. The van der Waals surface area contributed by atoms with Crippen molar-refractivity contribution in [1.82, 2.24) is 9.80 Å². The van der Waals surface area contributed by atoms with E-state index < -0.39 is 18.1 Å². The van der Waals surface area contributed by atoms with Crippen LogP contribution >= 0.6 is 0 Å². The highest BCUT2D eigenvalue weighted by molar-refractivity contribution is 5.85. The van der Waals surface area contributed by atoms with Crippen LogP contribution in [0.3, 0.4) is 0 Å². The number of esters is 1. The van der Waals surface area contributed by atoms with Crippen LogP contribution in [0.15, 0.2) is 48.5 Å². The van der Waals surface area contributed by atoms with Gasteiger partial charge in [-0.25, -0.2) is 4.79 Å². The molecule has 4 rings (SSSR count). The lowest BCUT2D eigenvalue weighted by atomic mass is 10.0. The summed E-state index contributed by atoms with van der Waals surface area (Å²) in [6.07, 6.45) is 1.04. The molecular weight excluding hydrogens is 424 g/mol. The molecular formula is C25H30N2O6. The molecule has 8 heteroatoms. The van der Waals surface area contributed by atoms with Gasteiger partial charge in [0.15, 0.2) is 17.6 Å². The molecule has 0 unspecified atom stereocenters. The molecule has 1 saturated heterocycles. The number of hydrogen-bond acceptors (Lipinski definition) is 7. The quantitative estimate of drug-likeness (QED) is 0.583. The third-order valence-corrected chi connectivity index (χ3v) is 5.97. The molecule has 0 saturated carbocycles. The van der Waals surface area contributed by atoms with E-state index >= 15 is 0 Å². The number of nitrogens with zero attached hydrogens (tertiary/aromatic N) is 2. The second kappa shape index (κ2) is 10.7. The van der Waals surface area contributed by atoms with Gasteiger partial charge in [-0.3, -0.25) is 9.69 Å². The number of aliphatic hydroxyl groups excluding tert-OH is 1. The van der Waals surface area contributed by atoms with Crippen molar-refractivity contribution in [3.63, 3.8) is 0 Å². The number of likely N-dealkylation sites (tertiary alicyclic amines) is 1. The van der Waals surface area contributed by atoms with Crippen LogP contribution in [0.5, 0.6) is 11.5 Å². The topological polar surface area (TPSA) is 88.5 Å². The summed E-state index contributed by atoms with van der Waals surface area (Å²) in [6, 6.07) is 14.2. The Balaban J connectivity index is 1.60. The van der Waals surface area contributed by atoms with Gasteiger partial charge in [-0.1, -0.05) is 36.4 Å². The van der Waals surface area contributed by atoms with Crippen LogP contribution in [0.4, 0.5) is 0 Å². The summed E-state index contributed by atoms with van der Waals surface area (Å²) in [5.41, 5.74) is 1.64. The van der Waals surface area contributed by atoms with Gasteiger partial charge in [-0.05, 0) is 43.0 Å². The third-order valence-electron chi connectivity index (χ3n) is 5.97. The van der Waals surface area contributed by atoms with E-state index in [1.165, 1.54) is 0 Å². The molecule has 2 atom stereocenters. The first-order valence-corrected chi connectivity index (χ1v) is 11.3. The molecule has 1 amide bonds. The zero-order valence-corrected chi connectivity index (χ0v) is 18.8. The van der Waals surface area contributed by atoms with Crippen LogP contribution in [-0.4, -0.2) is 65.9 Å². The van der Waals surface area contributed by atoms with Crippen molar-refractivity contribution in [3.8, 4) is 11.5 Å². The van der Waals surface area contributed by atoms with E-state index in [0.717, 1.165) is 18.4 Å². The molecule has 0 aromatic heterocycles. The van der Waals surface area contributed by atoms with Crippen LogP contribution in [-0.2, 0) is 20.9 Å². The van der Waals surface area contributed by atoms with Gasteiger partial charge in [-0.2, -0.15) is 0 Å². The Morgan fingerprint density at radius 2 is 1.82 bits per heavy atom. The number of benzene rings is 2. The molecule has 0 spiro atoms. The maximum absolute atomic E-state index is 13.5. The SMILES string of the molecule is C[C@H](OC(=O)[C@@H](c1ccc2c(c1)OCO2)N(CCO)Cc1ccccc1)C(=O)N1CCCC1. The fourth-order valence-corrected chi connectivity index (χ4v) is 4.31. The zero-order chi connectivity index (χ0) is 23.2. The third kappa shape index (κ3) is 5.46. The van der Waals surface area contributed by atoms with E-state index in [2.05, 4.69) is 0 Å². The number of carbonyl (C=O) groups excluding carboxylic acids is 2. The standard InChI is InChI=1S/C25H30N2O6/c1-18(24(29)26-11-5-6-12-26)33-25(30)23(20-9-10-21-22(15-20)32-17-31-21)27(13-14-28)16-19-7-3-2-4-8-19/h2-4,7-10,15,18,23,28H,5-6,11-14,16-17H2,1H3/t18-,23+/m0/s1. The fourth-order valence-electron chi connectivity index (χ4n) is 4.31. The zero-order valence-electron chi connectivity index (χ0n) is 18.8. The molecule has 2 heterocycles. The van der Waals surface area contributed by atoms with Gasteiger partial charge in [0.2, 0.25) is 6.79 Å². The van der Waals surface area contributed by atoms with Gasteiger partial charge in [-0.15, -0.1) is 0 Å². The van der Waals surface area contributed by atoms with Crippen molar-refractivity contribution < 1.29 is 28.9 Å². The van der Waals surface area contributed by atoms with Gasteiger partial charge < -0.3 is 24.2 Å². The number of rotatable bonds is 9. The largest absolute Gasteiger partial charge is 0.454 e. The minimum Gasteiger partial charge on any atom is -0.454 e. The average molecular weight is 455 g/mol. The van der Waals surface area contributed by atoms with Crippen LogP contribution in [0.25, 0.3) is 0 Å². The Kier molecular flexibility index (Phi) is 7.47. The fraction of sp³-hybridized carbons (Fsp3) is 0.440. The van der Waals surface area contributed by atoms with Crippen LogP contribution in [0, 0.1) is 0 Å². The number of aliphatic hydroxyl groups is 1. The van der Waals surface area contributed by atoms with Crippen molar-refractivity contribution in [2.45, 2.75) is 38.5 Å². The Morgan fingerprint density at radius 3 is 2.55 bits per heavy atom. The first kappa shape index (κ1) is 23.1. The summed E-state index contributed by atoms with van der Waals surface area (Å²) in [4.78, 5) is 29.8. The first-order valence-electron chi connectivity index (χ1n) is 11.3. The van der Waals surface area contributed by atoms with Crippen LogP contribution in [0.2, 0.25) is 0 Å². The second-order valence-electron chi connectivity index (χ2n) is 8.31. The molecule has 176 valence electrons. The molecule has 1 N–H and O–H groups in total. The number of ether oxygens (including phenoxy) is 3. The molecule has 2 aromatic carbocycles. The van der Waals surface area contributed by atoms with Gasteiger partial charge in [0.25, 0.3) is 5.91 Å². The molecule has 1 fully saturated rings. The van der Waals surface area contributed by atoms with Crippen molar-refractivity contribution in [2.24, 2.45) is 0 Å². The molecule has 33 heavy (non-hydrogen) atoms. The predicted octanol–water partition coefficient (Wildman–Crippen LogP) is 2.51. The van der Waals surface area contributed by atoms with E-state index in [-0.39, 0.29) is 25.9 Å². The molecule has 2 aromatic rings. The number of fused-ring (bicyclic) bond motifs is 1. The summed E-state index contributed by atoms with van der Waals surface area (Å²) in [5, 5.41) is 9.76. The Hall–Kier alpha value is -3.10. The number of hydrogen-bond donors (Lipinski definition) is 1. The number of carbonyl (C=O) groups is 2. The lowest BCUT2D eigenvalue weighted by Gasteiger charge is -2.31. The van der Waals surface area contributed by atoms with Crippen molar-refractivity contribution in [2.75, 3.05) is 33.0 Å². The van der Waals surface area contributed by atoms with Crippen molar-refractivity contribution in [1.29, 1.82) is 0 Å². The minimum atomic E-state index is -0.889. The highest BCUT2D eigenvalue weighted by atomic mass is 16.7. The van der Waals surface area contributed by atoms with E-state index in [1.807, 2.05) is 35.2 Å². The van der Waals surface area contributed by atoms with Gasteiger partial charge in [0.1, 0.15) is 6.04 Å². The van der Waals surface area contributed by atoms with Crippen molar-refractivity contribution in [3.05, 3.63) is 59.7 Å². The van der Waals surface area contributed by atoms with Gasteiger partial charge in [0, 0.05) is 26.2 Å². The first-order chi connectivity index (χ1) is 16.1.